The number of aromatic nitrogens is 2. The van der Waals surface area contributed by atoms with Crippen molar-refractivity contribution in [3.8, 4) is 17.0 Å². The van der Waals surface area contributed by atoms with Gasteiger partial charge >= 0.3 is 0 Å². The molecule has 0 amide bonds. The van der Waals surface area contributed by atoms with Gasteiger partial charge in [-0.25, -0.2) is 9.97 Å². The van der Waals surface area contributed by atoms with Crippen LogP contribution in [0.5, 0.6) is 5.75 Å². The first-order chi connectivity index (χ1) is 13.4. The van der Waals surface area contributed by atoms with Crippen LogP contribution in [0, 0.1) is 0 Å². The van der Waals surface area contributed by atoms with E-state index in [4.69, 9.17) is 4.74 Å². The first kappa shape index (κ1) is 17.8. The minimum atomic E-state index is -2.96. The Balaban J connectivity index is 1.63. The van der Waals surface area contributed by atoms with E-state index in [1.807, 2.05) is 25.1 Å². The normalized spacial score (nSPS) is 25.4. The van der Waals surface area contributed by atoms with Crippen LogP contribution in [0.3, 0.4) is 0 Å². The van der Waals surface area contributed by atoms with Crippen molar-refractivity contribution in [3.05, 3.63) is 35.0 Å². The molecule has 1 fully saturated rings. The third-order valence-electron chi connectivity index (χ3n) is 5.91. The van der Waals surface area contributed by atoms with E-state index in [-0.39, 0.29) is 30.5 Å². The van der Waals surface area contributed by atoms with E-state index in [1.54, 1.807) is 4.90 Å². The molecule has 0 unspecified atom stereocenters. The molecule has 1 saturated heterocycles. The Hall–Kier alpha value is -2.32. The molecule has 2 aliphatic heterocycles. The van der Waals surface area contributed by atoms with Crippen molar-refractivity contribution in [2.45, 2.75) is 44.4 Å². The van der Waals surface area contributed by atoms with Gasteiger partial charge in [-0.2, -0.15) is 8.78 Å². The zero-order valence-corrected chi connectivity index (χ0v) is 15.6. The number of hydrogen-bond acceptors (Lipinski definition) is 6. The van der Waals surface area contributed by atoms with E-state index in [0.29, 0.717) is 31.0 Å². The summed E-state index contributed by atoms with van der Waals surface area (Å²) in [6, 6.07) is 5.56. The zero-order valence-electron chi connectivity index (χ0n) is 15.6. The molecule has 0 radical (unpaired) electrons. The largest absolute Gasteiger partial charge is 0.492 e. The average molecular weight is 388 g/mol. The lowest BCUT2D eigenvalue weighted by molar-refractivity contribution is -0.00603. The maximum Gasteiger partial charge on any atom is 0.290 e. The predicted molar refractivity (Wildman–Crippen MR) is 99.7 cm³/mol. The molecule has 3 heterocycles. The first-order valence-corrected chi connectivity index (χ1v) is 9.65. The highest BCUT2D eigenvalue weighted by atomic mass is 19.3. The van der Waals surface area contributed by atoms with Crippen LogP contribution < -0.4 is 15.0 Å². The van der Waals surface area contributed by atoms with E-state index in [9.17, 15) is 13.9 Å². The lowest BCUT2D eigenvalue weighted by Gasteiger charge is -2.43. The Morgan fingerprint density at radius 2 is 2.18 bits per heavy atom. The number of hydrogen-bond donors (Lipinski definition) is 2. The third kappa shape index (κ3) is 2.74. The van der Waals surface area contributed by atoms with Gasteiger partial charge in [0.25, 0.3) is 5.92 Å². The van der Waals surface area contributed by atoms with Gasteiger partial charge in [-0.3, -0.25) is 0 Å². The number of alkyl halides is 2. The minimum absolute atomic E-state index is 0.182. The molecule has 148 valence electrons. The van der Waals surface area contributed by atoms with Crippen molar-refractivity contribution in [1.82, 2.24) is 15.3 Å². The smallest absolute Gasteiger partial charge is 0.290 e. The van der Waals surface area contributed by atoms with E-state index < -0.39 is 12.0 Å². The van der Waals surface area contributed by atoms with Gasteiger partial charge < -0.3 is 20.1 Å². The molecule has 6 nitrogen and oxygen atoms in total. The Morgan fingerprint density at radius 3 is 2.96 bits per heavy atom. The van der Waals surface area contributed by atoms with E-state index >= 15 is 0 Å². The Kier molecular flexibility index (Phi) is 4.03. The van der Waals surface area contributed by atoms with Crippen molar-refractivity contribution in [1.29, 1.82) is 0 Å². The third-order valence-corrected chi connectivity index (χ3v) is 5.91. The number of nitrogens with zero attached hydrogens (tertiary/aromatic N) is 3. The van der Waals surface area contributed by atoms with Gasteiger partial charge in [0.05, 0.1) is 17.8 Å². The molecule has 2 atom stereocenters. The monoisotopic (exact) mass is 388 g/mol. The Labute approximate surface area is 161 Å². The number of β-amino-alcohol motifs (C(OH)–C–C–N with tert-alkyl or cyclic N) is 1. The molecule has 2 aromatic rings. The van der Waals surface area contributed by atoms with Crippen LogP contribution in [0.4, 0.5) is 14.7 Å². The van der Waals surface area contributed by atoms with E-state index in [0.717, 1.165) is 23.4 Å². The molecule has 1 aromatic carbocycles. The molecule has 1 aliphatic carbocycles. The maximum absolute atomic E-state index is 14.5. The average Bonchev–Trinajstić information content (AvgIpc) is 2.86. The number of aliphatic hydroxyl groups is 1. The zero-order chi connectivity index (χ0) is 19.5. The highest BCUT2D eigenvalue weighted by Gasteiger charge is 2.45. The van der Waals surface area contributed by atoms with E-state index in [2.05, 4.69) is 15.3 Å². The molecule has 2 N–H and O–H groups in total. The van der Waals surface area contributed by atoms with E-state index in [1.165, 1.54) is 0 Å². The number of fused-ring (bicyclic) bond motifs is 2. The van der Waals surface area contributed by atoms with Crippen LogP contribution in [0.15, 0.2) is 18.2 Å². The molecule has 1 aromatic heterocycles. The van der Waals surface area contributed by atoms with Crippen LogP contribution in [-0.2, 0) is 18.9 Å². The fourth-order valence-corrected chi connectivity index (χ4v) is 4.07. The molecule has 0 bridgehead atoms. The summed E-state index contributed by atoms with van der Waals surface area (Å²) in [4.78, 5) is 10.6. The number of ether oxygens (including phenoxy) is 1. The summed E-state index contributed by atoms with van der Waals surface area (Å²) in [5, 5.41) is 13.1. The molecule has 0 saturated carbocycles. The summed E-state index contributed by atoms with van der Waals surface area (Å²) >= 11 is 0. The van der Waals surface area contributed by atoms with Crippen molar-refractivity contribution in [2.24, 2.45) is 0 Å². The highest BCUT2D eigenvalue weighted by Crippen LogP contribution is 2.45. The first-order valence-electron chi connectivity index (χ1n) is 9.65. The van der Waals surface area contributed by atoms with Gasteiger partial charge in [0.2, 0.25) is 5.95 Å². The number of halogens is 2. The number of aliphatic hydroxyl groups excluding tert-OH is 1. The predicted octanol–water partition coefficient (Wildman–Crippen LogP) is 2.23. The SMILES string of the molecule is C[C@H]1[C@H](O)CN1c1nc(-c2ccc3c(c2)OCCNC3)c2c(n1)C(F)(F)CC2. The lowest BCUT2D eigenvalue weighted by Crippen LogP contribution is -2.59. The summed E-state index contributed by atoms with van der Waals surface area (Å²) in [5.74, 6) is -1.94. The summed E-state index contributed by atoms with van der Waals surface area (Å²) in [6.45, 7) is 4.23. The van der Waals surface area contributed by atoms with Gasteiger partial charge in [-0.05, 0) is 19.4 Å². The summed E-state index contributed by atoms with van der Waals surface area (Å²) in [5.41, 5.74) is 2.66. The van der Waals surface area contributed by atoms with Crippen LogP contribution in [0.25, 0.3) is 11.3 Å². The van der Waals surface area contributed by atoms with Crippen LogP contribution in [-0.4, -0.2) is 46.9 Å². The fraction of sp³-hybridized carbons (Fsp3) is 0.500. The molecule has 3 aliphatic rings. The highest BCUT2D eigenvalue weighted by molar-refractivity contribution is 5.69. The fourth-order valence-electron chi connectivity index (χ4n) is 4.07. The maximum atomic E-state index is 14.5. The molecular formula is C20H22F2N4O2. The van der Waals surface area contributed by atoms with Gasteiger partial charge in [-0.1, -0.05) is 12.1 Å². The van der Waals surface area contributed by atoms with Crippen LogP contribution >= 0.6 is 0 Å². The summed E-state index contributed by atoms with van der Waals surface area (Å²) in [6.07, 6.45) is -0.499. The van der Waals surface area contributed by atoms with Gasteiger partial charge in [0.15, 0.2) is 0 Å². The lowest BCUT2D eigenvalue weighted by atomic mass is 10.0. The molecule has 28 heavy (non-hydrogen) atoms. The van der Waals surface area contributed by atoms with Gasteiger partial charge in [0.1, 0.15) is 18.1 Å². The Bertz CT molecular complexity index is 937. The van der Waals surface area contributed by atoms with Crippen molar-refractivity contribution < 1.29 is 18.6 Å². The van der Waals surface area contributed by atoms with Gasteiger partial charge in [0, 0.05) is 42.7 Å². The second-order valence-corrected chi connectivity index (χ2v) is 7.71. The van der Waals surface area contributed by atoms with Gasteiger partial charge in [-0.15, -0.1) is 0 Å². The molecule has 0 spiro atoms. The second-order valence-electron chi connectivity index (χ2n) is 7.71. The van der Waals surface area contributed by atoms with Crippen LogP contribution in [0.2, 0.25) is 0 Å². The van der Waals surface area contributed by atoms with Crippen LogP contribution in [0.1, 0.15) is 30.2 Å². The standard InChI is InChI=1S/C20H22F2N4O2/c1-11-15(27)10-26(11)19-24-17(14-4-5-20(21,22)18(14)25-19)12-2-3-13-9-23-6-7-28-16(13)8-12/h2-3,8,11,15,23,27H,4-7,9-10H2,1H3/t11-,15+/m0/s1. The summed E-state index contributed by atoms with van der Waals surface area (Å²) in [7, 11) is 0. The molecule has 8 heteroatoms. The number of nitrogens with one attached hydrogen (secondary N) is 1. The second kappa shape index (κ2) is 6.35. The number of rotatable bonds is 2. The summed E-state index contributed by atoms with van der Waals surface area (Å²) < 4.78 is 34.8. The minimum Gasteiger partial charge on any atom is -0.492 e. The van der Waals surface area contributed by atoms with Crippen molar-refractivity contribution >= 4 is 5.95 Å². The molecule has 5 rings (SSSR count). The number of anilines is 1. The Morgan fingerprint density at radius 1 is 1.32 bits per heavy atom. The number of benzene rings is 1. The van der Waals surface area contributed by atoms with Crippen molar-refractivity contribution in [2.75, 3.05) is 24.6 Å². The topological polar surface area (TPSA) is 70.5 Å². The quantitative estimate of drug-likeness (QED) is 0.822. The molecular weight excluding hydrogens is 366 g/mol. The van der Waals surface area contributed by atoms with Crippen molar-refractivity contribution in [3.63, 3.8) is 0 Å².